The Kier molecular flexibility index (Phi) is 7.91. The monoisotopic (exact) mass is 493 g/mol. The quantitative estimate of drug-likeness (QED) is 0.330. The molecule has 1 unspecified atom stereocenters. The van der Waals surface area contributed by atoms with Gasteiger partial charge in [0.25, 0.3) is 0 Å². The molecule has 35 heavy (non-hydrogen) atoms. The molecule has 0 spiro atoms. The topological polar surface area (TPSA) is 54.4 Å². The average Bonchev–Trinajstić information content (AvgIpc) is 2.88. The lowest BCUT2D eigenvalue weighted by Crippen LogP contribution is -2.35. The third-order valence-electron chi connectivity index (χ3n) is 6.73. The maximum absolute atomic E-state index is 13.3. The number of rotatable bonds is 8. The summed E-state index contributed by atoms with van der Waals surface area (Å²) in [6.07, 6.45) is 7.14. The summed E-state index contributed by atoms with van der Waals surface area (Å²) in [5.41, 5.74) is 3.86. The van der Waals surface area contributed by atoms with E-state index in [1.54, 1.807) is 12.4 Å². The van der Waals surface area contributed by atoms with Crippen LogP contribution in [0.3, 0.4) is 0 Å². The van der Waals surface area contributed by atoms with Crippen molar-refractivity contribution < 1.29 is 9.13 Å². The molecule has 5 rings (SSSR count). The van der Waals surface area contributed by atoms with Gasteiger partial charge in [0, 0.05) is 57.2 Å². The first kappa shape index (κ1) is 24.2. The number of hydrogen-bond acceptors (Lipinski definition) is 7. The van der Waals surface area contributed by atoms with E-state index in [0.29, 0.717) is 24.6 Å². The molecule has 184 valence electrons. The fourth-order valence-electron chi connectivity index (χ4n) is 4.89. The molecule has 8 heteroatoms. The van der Waals surface area contributed by atoms with Crippen molar-refractivity contribution in [3.63, 3.8) is 0 Å². The molecule has 0 aliphatic carbocycles. The lowest BCUT2D eigenvalue weighted by Gasteiger charge is -2.32. The van der Waals surface area contributed by atoms with Gasteiger partial charge in [0.1, 0.15) is 16.9 Å². The number of benzene rings is 1. The maximum Gasteiger partial charge on any atom is 0.193 e. The fourth-order valence-corrected chi connectivity index (χ4v) is 5.55. The fraction of sp³-hybridized carbons (Fsp3) is 0.444. The first-order valence-electron chi connectivity index (χ1n) is 12.4. The summed E-state index contributed by atoms with van der Waals surface area (Å²) in [4.78, 5) is 17.9. The van der Waals surface area contributed by atoms with Crippen molar-refractivity contribution in [2.45, 2.75) is 48.1 Å². The second-order valence-corrected chi connectivity index (χ2v) is 10.4. The van der Waals surface area contributed by atoms with Crippen LogP contribution < -0.4 is 4.74 Å². The van der Waals surface area contributed by atoms with E-state index in [1.807, 2.05) is 12.3 Å². The van der Waals surface area contributed by atoms with Crippen molar-refractivity contribution in [3.8, 4) is 5.75 Å². The number of ether oxygens (including phenoxy) is 1. The molecular weight excluding hydrogens is 461 g/mol. The van der Waals surface area contributed by atoms with Gasteiger partial charge in [0.05, 0.1) is 6.61 Å². The summed E-state index contributed by atoms with van der Waals surface area (Å²) >= 11 is 1.47. The molecule has 4 heterocycles. The van der Waals surface area contributed by atoms with Crippen molar-refractivity contribution in [2.24, 2.45) is 0 Å². The highest BCUT2D eigenvalue weighted by molar-refractivity contribution is 7.99. The van der Waals surface area contributed by atoms with Gasteiger partial charge in [-0.3, -0.25) is 0 Å². The van der Waals surface area contributed by atoms with Gasteiger partial charge < -0.3 is 14.5 Å². The van der Waals surface area contributed by atoms with E-state index in [-0.39, 0.29) is 5.92 Å². The minimum atomic E-state index is -0.614. The van der Waals surface area contributed by atoms with Crippen LogP contribution in [-0.2, 0) is 6.54 Å². The van der Waals surface area contributed by atoms with Gasteiger partial charge in [-0.1, -0.05) is 12.1 Å². The van der Waals surface area contributed by atoms with E-state index in [2.05, 4.69) is 62.1 Å². The van der Waals surface area contributed by atoms with Gasteiger partial charge in [-0.25, -0.2) is 19.3 Å². The van der Waals surface area contributed by atoms with Crippen LogP contribution in [0.2, 0.25) is 0 Å². The highest BCUT2D eigenvalue weighted by atomic mass is 32.2. The first-order chi connectivity index (χ1) is 17.1. The molecule has 0 radical (unpaired) electrons. The molecule has 2 aliphatic rings. The van der Waals surface area contributed by atoms with Crippen molar-refractivity contribution in [3.05, 3.63) is 71.7 Å². The summed E-state index contributed by atoms with van der Waals surface area (Å²) in [6, 6.07) is 12.5. The SMILES string of the molecule is CN1Cc2cc(OCCCN3CCC(F)CC3)ccc2C(c2ccc(Sc3ncccn3)nc2)C1. The van der Waals surface area contributed by atoms with Crippen LogP contribution in [0.5, 0.6) is 5.75 Å². The Morgan fingerprint density at radius 3 is 2.69 bits per heavy atom. The minimum Gasteiger partial charge on any atom is -0.494 e. The van der Waals surface area contributed by atoms with Crippen LogP contribution in [-0.4, -0.2) is 70.8 Å². The van der Waals surface area contributed by atoms with Gasteiger partial charge in [-0.2, -0.15) is 0 Å². The van der Waals surface area contributed by atoms with Gasteiger partial charge in [-0.15, -0.1) is 0 Å². The van der Waals surface area contributed by atoms with E-state index < -0.39 is 6.17 Å². The Labute approximate surface area is 210 Å². The van der Waals surface area contributed by atoms with Gasteiger partial charge >= 0.3 is 0 Å². The Morgan fingerprint density at radius 1 is 1.09 bits per heavy atom. The van der Waals surface area contributed by atoms with Crippen LogP contribution in [0.25, 0.3) is 0 Å². The number of likely N-dealkylation sites (tertiary alicyclic amines) is 1. The van der Waals surface area contributed by atoms with E-state index in [0.717, 1.165) is 49.9 Å². The number of nitrogens with zero attached hydrogens (tertiary/aromatic N) is 5. The number of aromatic nitrogens is 3. The number of piperidine rings is 1. The smallest absolute Gasteiger partial charge is 0.193 e. The normalized spacial score (nSPS) is 19.4. The third kappa shape index (κ3) is 6.37. The molecule has 0 amide bonds. The molecule has 2 aliphatic heterocycles. The Hall–Kier alpha value is -2.55. The van der Waals surface area contributed by atoms with Crippen LogP contribution in [0.4, 0.5) is 4.39 Å². The lowest BCUT2D eigenvalue weighted by molar-refractivity contribution is 0.143. The van der Waals surface area contributed by atoms with Gasteiger partial charge in [0.15, 0.2) is 5.16 Å². The third-order valence-corrected chi connectivity index (χ3v) is 7.57. The zero-order valence-electron chi connectivity index (χ0n) is 20.1. The van der Waals surface area contributed by atoms with Crippen molar-refractivity contribution in [2.75, 3.05) is 39.8 Å². The molecule has 1 fully saturated rings. The standard InChI is InChI=1S/C27H32FN5OS/c1-32-18-21-16-23(34-15-3-12-33-13-8-22(28)9-14-33)5-6-24(21)25(19-32)20-4-7-26(31-17-20)35-27-29-10-2-11-30-27/h2,4-7,10-11,16-17,22,25H,3,8-9,12-15,18-19H2,1H3. The van der Waals surface area contributed by atoms with Gasteiger partial charge in [-0.05, 0) is 79.0 Å². The second-order valence-electron chi connectivity index (χ2n) is 9.39. The highest BCUT2D eigenvalue weighted by Gasteiger charge is 2.25. The number of pyridine rings is 1. The molecule has 0 bridgehead atoms. The molecular formula is C27H32FN5OS. The molecule has 0 saturated carbocycles. The minimum absolute atomic E-state index is 0.274. The molecule has 2 aromatic heterocycles. The van der Waals surface area contributed by atoms with Crippen molar-refractivity contribution in [1.29, 1.82) is 0 Å². The predicted molar refractivity (Wildman–Crippen MR) is 136 cm³/mol. The Bertz CT molecular complexity index is 1090. The molecule has 3 aromatic rings. The zero-order chi connectivity index (χ0) is 24.0. The second kappa shape index (κ2) is 11.5. The summed E-state index contributed by atoms with van der Waals surface area (Å²) in [5, 5.41) is 1.59. The predicted octanol–water partition coefficient (Wildman–Crippen LogP) is 4.80. The van der Waals surface area contributed by atoms with Crippen molar-refractivity contribution >= 4 is 11.8 Å². The summed E-state index contributed by atoms with van der Waals surface area (Å²) in [7, 11) is 2.16. The van der Waals surface area contributed by atoms with Crippen molar-refractivity contribution in [1.82, 2.24) is 24.8 Å². The summed E-state index contributed by atoms with van der Waals surface area (Å²) in [6.45, 7) is 5.25. The molecule has 6 nitrogen and oxygen atoms in total. The first-order valence-corrected chi connectivity index (χ1v) is 13.2. The van der Waals surface area contributed by atoms with Crippen LogP contribution in [0.1, 0.15) is 41.9 Å². The molecule has 1 aromatic carbocycles. The van der Waals surface area contributed by atoms with Crippen LogP contribution in [0.15, 0.2) is 65.2 Å². The van der Waals surface area contributed by atoms with E-state index in [4.69, 9.17) is 4.74 Å². The highest BCUT2D eigenvalue weighted by Crippen LogP contribution is 2.35. The number of hydrogen-bond donors (Lipinski definition) is 0. The molecule has 0 N–H and O–H groups in total. The van der Waals surface area contributed by atoms with Crippen LogP contribution in [0, 0.1) is 0 Å². The number of likely N-dealkylation sites (N-methyl/N-ethyl adjacent to an activating group) is 1. The Morgan fingerprint density at radius 2 is 1.91 bits per heavy atom. The maximum atomic E-state index is 13.3. The largest absolute Gasteiger partial charge is 0.494 e. The summed E-state index contributed by atoms with van der Waals surface area (Å²) < 4.78 is 19.4. The number of fused-ring (bicyclic) bond motifs is 1. The van der Waals surface area contributed by atoms with E-state index in [1.165, 1.54) is 28.5 Å². The number of alkyl halides is 1. The van der Waals surface area contributed by atoms with E-state index in [9.17, 15) is 4.39 Å². The zero-order valence-corrected chi connectivity index (χ0v) is 21.0. The molecule has 1 saturated heterocycles. The van der Waals surface area contributed by atoms with Gasteiger partial charge in [0.2, 0.25) is 0 Å². The van der Waals surface area contributed by atoms with E-state index >= 15 is 0 Å². The van der Waals surface area contributed by atoms with Crippen LogP contribution >= 0.6 is 11.8 Å². The lowest BCUT2D eigenvalue weighted by atomic mass is 9.85. The molecule has 1 atom stereocenters. The Balaban J connectivity index is 1.20. The number of halogens is 1. The summed E-state index contributed by atoms with van der Waals surface area (Å²) in [5.74, 6) is 1.20. The average molecular weight is 494 g/mol.